The number of hydrogen-bond donors (Lipinski definition) is 0. The van der Waals surface area contributed by atoms with Gasteiger partial charge in [0, 0.05) is 30.9 Å². The topological polar surface area (TPSA) is 33.2 Å². The Labute approximate surface area is 116 Å². The van der Waals surface area contributed by atoms with E-state index in [4.69, 9.17) is 0 Å². The summed E-state index contributed by atoms with van der Waals surface area (Å²) in [5.41, 5.74) is 2.49. The Morgan fingerprint density at radius 1 is 1.37 bits per heavy atom. The van der Waals surface area contributed by atoms with Gasteiger partial charge < -0.3 is 4.90 Å². The van der Waals surface area contributed by atoms with E-state index >= 15 is 0 Å². The molecule has 0 aliphatic heterocycles. The summed E-state index contributed by atoms with van der Waals surface area (Å²) in [6.07, 6.45) is 7.03. The number of amides is 1. The monoisotopic (exact) mass is 272 g/mol. The summed E-state index contributed by atoms with van der Waals surface area (Å²) in [5.74, 6) is 0.121. The van der Waals surface area contributed by atoms with Crippen LogP contribution in [0.15, 0.2) is 30.6 Å². The first kappa shape index (κ1) is 12.4. The molecule has 0 saturated carbocycles. The fourth-order valence-corrected chi connectivity index (χ4v) is 3.70. The van der Waals surface area contributed by atoms with Crippen LogP contribution in [0.1, 0.15) is 32.1 Å². The zero-order chi connectivity index (χ0) is 13.2. The van der Waals surface area contributed by atoms with Crippen LogP contribution in [0.4, 0.5) is 0 Å². The first-order chi connectivity index (χ1) is 9.24. The van der Waals surface area contributed by atoms with Crippen molar-refractivity contribution in [1.29, 1.82) is 0 Å². The van der Waals surface area contributed by atoms with Gasteiger partial charge in [0.15, 0.2) is 0 Å². The molecule has 2 heterocycles. The molecule has 1 amide bonds. The molecule has 0 spiro atoms. The molecule has 98 valence electrons. The molecule has 2 aromatic heterocycles. The van der Waals surface area contributed by atoms with Crippen LogP contribution in [0.3, 0.4) is 0 Å². The minimum atomic E-state index is 0.121. The Hall–Kier alpha value is -1.68. The van der Waals surface area contributed by atoms with E-state index < -0.39 is 0 Å². The number of nitrogens with zero attached hydrogens (tertiary/aromatic N) is 2. The van der Waals surface area contributed by atoms with Crippen molar-refractivity contribution in [3.63, 3.8) is 0 Å². The number of rotatable bonds is 3. The molecule has 4 heteroatoms. The lowest BCUT2D eigenvalue weighted by molar-refractivity contribution is 0.0790. The molecule has 0 radical (unpaired) electrons. The quantitative estimate of drug-likeness (QED) is 0.860. The summed E-state index contributed by atoms with van der Waals surface area (Å²) in [5, 5.41) is 0. The Morgan fingerprint density at radius 2 is 2.16 bits per heavy atom. The Bertz CT molecular complexity index is 570. The predicted molar refractivity (Wildman–Crippen MR) is 76.4 cm³/mol. The molecule has 0 atom stereocenters. The van der Waals surface area contributed by atoms with Gasteiger partial charge in [-0.15, -0.1) is 11.3 Å². The van der Waals surface area contributed by atoms with Crippen molar-refractivity contribution in [1.82, 2.24) is 9.88 Å². The van der Waals surface area contributed by atoms with Crippen molar-refractivity contribution in [3.05, 3.63) is 51.5 Å². The number of pyridine rings is 1. The van der Waals surface area contributed by atoms with E-state index in [9.17, 15) is 4.79 Å². The third-order valence-electron chi connectivity index (χ3n) is 3.47. The van der Waals surface area contributed by atoms with Gasteiger partial charge in [0.25, 0.3) is 5.91 Å². The van der Waals surface area contributed by atoms with Crippen LogP contribution in [0, 0.1) is 0 Å². The SMILES string of the molecule is CN(Cc1ccncc1)C(=O)c1cc2c(s1)CCC2. The highest BCUT2D eigenvalue weighted by Gasteiger charge is 2.20. The summed E-state index contributed by atoms with van der Waals surface area (Å²) < 4.78 is 0. The van der Waals surface area contributed by atoms with E-state index in [1.165, 1.54) is 16.9 Å². The highest BCUT2D eigenvalue weighted by Crippen LogP contribution is 2.31. The normalized spacial score (nSPS) is 13.3. The third-order valence-corrected chi connectivity index (χ3v) is 4.70. The molecule has 0 unspecified atom stereocenters. The van der Waals surface area contributed by atoms with Crippen LogP contribution in [0.25, 0.3) is 0 Å². The first-order valence-corrected chi connectivity index (χ1v) is 7.31. The van der Waals surface area contributed by atoms with Gasteiger partial charge in [0.1, 0.15) is 0 Å². The minimum absolute atomic E-state index is 0.121. The van der Waals surface area contributed by atoms with E-state index in [1.54, 1.807) is 28.6 Å². The van der Waals surface area contributed by atoms with Crippen molar-refractivity contribution in [2.45, 2.75) is 25.8 Å². The summed E-state index contributed by atoms with van der Waals surface area (Å²) >= 11 is 1.67. The van der Waals surface area contributed by atoms with Gasteiger partial charge in [0.05, 0.1) is 4.88 Å². The lowest BCUT2D eigenvalue weighted by Gasteiger charge is -2.16. The minimum Gasteiger partial charge on any atom is -0.337 e. The second kappa shape index (κ2) is 5.13. The molecule has 1 aliphatic rings. The first-order valence-electron chi connectivity index (χ1n) is 6.50. The zero-order valence-corrected chi connectivity index (χ0v) is 11.7. The number of hydrogen-bond acceptors (Lipinski definition) is 3. The van der Waals surface area contributed by atoms with Crippen molar-refractivity contribution in [3.8, 4) is 0 Å². The molecule has 0 bridgehead atoms. The molecule has 3 nitrogen and oxygen atoms in total. The molecular weight excluding hydrogens is 256 g/mol. The smallest absolute Gasteiger partial charge is 0.263 e. The van der Waals surface area contributed by atoms with Gasteiger partial charge in [-0.05, 0) is 48.6 Å². The standard InChI is InChI=1S/C15H16N2OS/c1-17(10-11-5-7-16-8-6-11)15(18)14-9-12-3-2-4-13(12)19-14/h5-9H,2-4,10H2,1H3. The lowest BCUT2D eigenvalue weighted by atomic mass is 10.2. The van der Waals surface area contributed by atoms with E-state index in [2.05, 4.69) is 11.1 Å². The van der Waals surface area contributed by atoms with Gasteiger partial charge in [-0.2, -0.15) is 0 Å². The largest absolute Gasteiger partial charge is 0.337 e. The van der Waals surface area contributed by atoms with Crippen LogP contribution in [-0.4, -0.2) is 22.8 Å². The molecule has 3 rings (SSSR count). The summed E-state index contributed by atoms with van der Waals surface area (Å²) in [6.45, 7) is 0.629. The van der Waals surface area contributed by atoms with E-state index in [1.807, 2.05) is 19.2 Å². The molecule has 0 saturated heterocycles. The maximum Gasteiger partial charge on any atom is 0.263 e. The third kappa shape index (κ3) is 2.54. The van der Waals surface area contributed by atoms with E-state index in [0.717, 1.165) is 23.3 Å². The number of carbonyl (C=O) groups is 1. The summed E-state index contributed by atoms with van der Waals surface area (Å²) in [6, 6.07) is 5.97. The molecule has 0 N–H and O–H groups in total. The maximum atomic E-state index is 12.4. The fraction of sp³-hybridized carbons (Fsp3) is 0.333. The van der Waals surface area contributed by atoms with Crippen LogP contribution in [0.2, 0.25) is 0 Å². The van der Waals surface area contributed by atoms with E-state index in [-0.39, 0.29) is 5.91 Å². The maximum absolute atomic E-state index is 12.4. The van der Waals surface area contributed by atoms with Crippen molar-refractivity contribution in [2.24, 2.45) is 0 Å². The second-order valence-electron chi connectivity index (χ2n) is 4.93. The van der Waals surface area contributed by atoms with Crippen molar-refractivity contribution < 1.29 is 4.79 Å². The van der Waals surface area contributed by atoms with Gasteiger partial charge in [-0.25, -0.2) is 0 Å². The van der Waals surface area contributed by atoms with Crippen LogP contribution >= 0.6 is 11.3 Å². The van der Waals surface area contributed by atoms with Crippen LogP contribution < -0.4 is 0 Å². The average Bonchev–Trinajstić information content (AvgIpc) is 2.99. The van der Waals surface area contributed by atoms with E-state index in [0.29, 0.717) is 6.54 Å². The number of fused-ring (bicyclic) bond motifs is 1. The number of aromatic nitrogens is 1. The highest BCUT2D eigenvalue weighted by atomic mass is 32.1. The molecule has 19 heavy (non-hydrogen) atoms. The average molecular weight is 272 g/mol. The molecular formula is C15H16N2OS. The highest BCUT2D eigenvalue weighted by molar-refractivity contribution is 7.14. The number of thiophene rings is 1. The summed E-state index contributed by atoms with van der Waals surface area (Å²) in [7, 11) is 1.85. The van der Waals surface area contributed by atoms with Crippen molar-refractivity contribution >= 4 is 17.2 Å². The Balaban J connectivity index is 1.72. The molecule has 2 aromatic rings. The van der Waals surface area contributed by atoms with Gasteiger partial charge in [-0.1, -0.05) is 0 Å². The Morgan fingerprint density at radius 3 is 2.89 bits per heavy atom. The Kier molecular flexibility index (Phi) is 3.34. The molecule has 0 aromatic carbocycles. The van der Waals surface area contributed by atoms with Gasteiger partial charge >= 0.3 is 0 Å². The summed E-state index contributed by atoms with van der Waals surface area (Å²) in [4.78, 5) is 20.4. The predicted octanol–water partition coefficient (Wildman–Crippen LogP) is 2.90. The molecule has 0 fully saturated rings. The second-order valence-corrected chi connectivity index (χ2v) is 6.07. The van der Waals surface area contributed by atoms with Crippen LogP contribution in [0.5, 0.6) is 0 Å². The zero-order valence-electron chi connectivity index (χ0n) is 10.9. The lowest BCUT2D eigenvalue weighted by Crippen LogP contribution is -2.25. The number of carbonyl (C=O) groups excluding carboxylic acids is 1. The van der Waals surface area contributed by atoms with Gasteiger partial charge in [0.2, 0.25) is 0 Å². The van der Waals surface area contributed by atoms with Crippen molar-refractivity contribution in [2.75, 3.05) is 7.05 Å². The molecule has 1 aliphatic carbocycles. The van der Waals surface area contributed by atoms with Gasteiger partial charge in [-0.3, -0.25) is 9.78 Å². The number of aryl methyl sites for hydroxylation is 2. The fourth-order valence-electron chi connectivity index (χ4n) is 2.46. The van der Waals surface area contributed by atoms with Crippen LogP contribution in [-0.2, 0) is 19.4 Å².